The van der Waals surface area contributed by atoms with Gasteiger partial charge in [0.2, 0.25) is 0 Å². The van der Waals surface area contributed by atoms with Crippen LogP contribution in [0.3, 0.4) is 0 Å². The van der Waals surface area contributed by atoms with Crippen LogP contribution in [-0.4, -0.2) is 24.1 Å². The zero-order chi connectivity index (χ0) is 68.9. The Labute approximate surface area is 568 Å². The van der Waals surface area contributed by atoms with Crippen LogP contribution < -0.4 is 0 Å². The van der Waals surface area contributed by atoms with Gasteiger partial charge in [0.05, 0.1) is 126 Å². The van der Waals surface area contributed by atoms with Gasteiger partial charge < -0.3 is 9.13 Å². The van der Waals surface area contributed by atoms with Crippen LogP contribution in [-0.2, 0) is 6.18 Å². The largest absolute Gasteiger partial charge is 0.416 e. The molecule has 100 heavy (non-hydrogen) atoms. The van der Waals surface area contributed by atoms with E-state index in [0.29, 0.717) is 139 Å². The SMILES string of the molecule is N#Cc1ccc(-c2ccc3c(c2)c2cc(-c4ccc(C#N)cc4C#N)ccc2n3-c2ccc(-c3nc(-c4ccccc4)nc(-c4ccccc4)n3)c(-c3cc(C(F)(F)F)ccc3-n3c4ccc(-c5ccc(C#N)cc5C#N)cc4c4cc(-c5ccc(C#N)cc5C#N)ccc43)c2)c(C#N)c1. The van der Waals surface area contributed by atoms with Gasteiger partial charge in [0, 0.05) is 49.5 Å². The summed E-state index contributed by atoms with van der Waals surface area (Å²) < 4.78 is 51.7. The third kappa shape index (κ3) is 10.6. The number of fused-ring (bicyclic) bond motifs is 6. The van der Waals surface area contributed by atoms with E-state index in [2.05, 4.69) is 48.6 Å². The summed E-state index contributed by atoms with van der Waals surface area (Å²) in [4.78, 5) is 15.3. The molecule has 0 amide bonds. The second-order valence-corrected chi connectivity index (χ2v) is 23.5. The normalized spacial score (nSPS) is 11.1. The van der Waals surface area contributed by atoms with Crippen molar-refractivity contribution in [2.24, 2.45) is 0 Å². The van der Waals surface area contributed by atoms with E-state index in [-0.39, 0.29) is 50.3 Å². The standard InChI is InChI=1S/C84H40F3N13/c85-84(86,87)63-19-30-80(100-78-28-17-57(67-23-13-51(43-90)33-61(67)47-94)37-73(78)74-38-58(18-29-79(74)100)68-24-14-52(44-91)34-62(68)48-95)75(39-63)70-40-64(20-25-69(70)83-97-81(53-7-3-1-4-8-53)96-82(98-83)54-9-5-2-6-10-54)99-76-26-15-55(65-21-11-49(41-88)31-59(65)45-92)35-71(76)72-36-56(16-27-77(72)99)66-22-12-50(42-89)32-60(66)46-93/h1-40H. The quantitative estimate of drug-likeness (QED) is 0.125. The summed E-state index contributed by atoms with van der Waals surface area (Å²) in [5, 5.41) is 83.8. The minimum atomic E-state index is -4.88. The van der Waals surface area contributed by atoms with E-state index < -0.39 is 11.7 Å². The molecule has 0 saturated heterocycles. The third-order valence-electron chi connectivity index (χ3n) is 17.9. The van der Waals surface area contributed by atoms with Crippen LogP contribution in [0.2, 0.25) is 0 Å². The van der Waals surface area contributed by atoms with E-state index in [1.807, 2.05) is 155 Å². The molecule has 15 rings (SSSR count). The highest BCUT2D eigenvalue weighted by molar-refractivity contribution is 6.14. The Bertz CT molecular complexity index is 6060. The molecule has 3 heterocycles. The Kier molecular flexibility index (Phi) is 15.1. The predicted octanol–water partition coefficient (Wildman–Crippen LogP) is 19.4. The molecular weight excluding hydrogens is 1250 g/mol. The molecule has 0 N–H and O–H groups in total. The van der Waals surface area contributed by atoms with Gasteiger partial charge in [-0.15, -0.1) is 0 Å². The van der Waals surface area contributed by atoms with Gasteiger partial charge in [-0.05, 0) is 184 Å². The number of hydrogen-bond donors (Lipinski definition) is 0. The van der Waals surface area contributed by atoms with E-state index in [1.165, 1.54) is 30.3 Å². The molecule has 0 spiro atoms. The number of halogens is 3. The summed E-state index contributed by atoms with van der Waals surface area (Å²) in [5.74, 6) is 0.710. The molecule has 0 aliphatic heterocycles. The van der Waals surface area contributed by atoms with Crippen LogP contribution >= 0.6 is 0 Å². The van der Waals surface area contributed by atoms with Crippen molar-refractivity contribution in [2.45, 2.75) is 6.18 Å². The second kappa shape index (κ2) is 24.7. The monoisotopic (exact) mass is 1290 g/mol. The Hall–Kier alpha value is -15.0. The van der Waals surface area contributed by atoms with Crippen molar-refractivity contribution in [1.82, 2.24) is 24.1 Å². The highest BCUT2D eigenvalue weighted by Crippen LogP contribution is 2.47. The van der Waals surface area contributed by atoms with Crippen molar-refractivity contribution in [1.29, 1.82) is 42.1 Å². The van der Waals surface area contributed by atoms with Crippen molar-refractivity contribution in [3.63, 3.8) is 0 Å². The van der Waals surface area contributed by atoms with Gasteiger partial charge >= 0.3 is 6.18 Å². The molecule has 0 saturated carbocycles. The molecule has 3 aromatic heterocycles. The van der Waals surface area contributed by atoms with E-state index in [1.54, 1.807) is 54.6 Å². The molecule has 0 aliphatic rings. The first-order valence-corrected chi connectivity index (χ1v) is 31.0. The van der Waals surface area contributed by atoms with E-state index >= 15 is 13.2 Å². The summed E-state index contributed by atoms with van der Waals surface area (Å²) in [6.45, 7) is 0. The van der Waals surface area contributed by atoms with Crippen molar-refractivity contribution >= 4 is 43.6 Å². The first kappa shape index (κ1) is 61.2. The Balaban J connectivity index is 1.05. The number of rotatable bonds is 10. The van der Waals surface area contributed by atoms with Gasteiger partial charge in [-0.3, -0.25) is 0 Å². The van der Waals surface area contributed by atoms with Gasteiger partial charge in [-0.1, -0.05) is 109 Å². The van der Waals surface area contributed by atoms with Crippen LogP contribution in [0.15, 0.2) is 243 Å². The maximum absolute atomic E-state index is 15.9. The molecule has 13 nitrogen and oxygen atoms in total. The fourth-order valence-electron chi connectivity index (χ4n) is 13.2. The van der Waals surface area contributed by atoms with E-state index in [0.717, 1.165) is 12.1 Å². The van der Waals surface area contributed by atoms with Crippen LogP contribution in [0.4, 0.5) is 13.2 Å². The van der Waals surface area contributed by atoms with Gasteiger partial charge in [0.15, 0.2) is 17.5 Å². The molecular formula is C84H40F3N13. The molecule has 462 valence electrons. The number of nitrogens with zero attached hydrogens (tertiary/aromatic N) is 13. The van der Waals surface area contributed by atoms with Crippen LogP contribution in [0, 0.1) is 90.6 Å². The van der Waals surface area contributed by atoms with Crippen molar-refractivity contribution in [2.75, 3.05) is 0 Å². The Morgan fingerprint density at radius 1 is 0.270 bits per heavy atom. The topological polar surface area (TPSA) is 239 Å². The molecule has 0 aliphatic carbocycles. The highest BCUT2D eigenvalue weighted by Gasteiger charge is 2.33. The highest BCUT2D eigenvalue weighted by atomic mass is 19.4. The van der Waals surface area contributed by atoms with Crippen LogP contribution in [0.1, 0.15) is 50.1 Å². The minimum absolute atomic E-state index is 0.0966. The van der Waals surface area contributed by atoms with Gasteiger partial charge in [0.1, 0.15) is 0 Å². The number of aromatic nitrogens is 5. The maximum Gasteiger partial charge on any atom is 0.416 e. The first-order chi connectivity index (χ1) is 48.8. The lowest BCUT2D eigenvalue weighted by Crippen LogP contribution is -2.08. The molecule has 0 unspecified atom stereocenters. The average Bonchev–Trinajstić information content (AvgIpc) is 1.56. The summed E-state index contributed by atoms with van der Waals surface area (Å²) in [6.07, 6.45) is -4.88. The zero-order valence-electron chi connectivity index (χ0n) is 52.0. The zero-order valence-corrected chi connectivity index (χ0v) is 52.0. The van der Waals surface area contributed by atoms with Gasteiger partial charge in [-0.2, -0.15) is 55.3 Å². The lowest BCUT2D eigenvalue weighted by Gasteiger charge is -2.20. The lowest BCUT2D eigenvalue weighted by molar-refractivity contribution is -0.137. The molecule has 16 heteroatoms. The average molecular weight is 1290 g/mol. The minimum Gasteiger partial charge on any atom is -0.309 e. The smallest absolute Gasteiger partial charge is 0.309 e. The van der Waals surface area contributed by atoms with E-state index in [9.17, 15) is 42.1 Å². The van der Waals surface area contributed by atoms with Gasteiger partial charge in [0.25, 0.3) is 0 Å². The predicted molar refractivity (Wildman–Crippen MR) is 375 cm³/mol. The van der Waals surface area contributed by atoms with Crippen LogP contribution in [0.5, 0.6) is 0 Å². The Morgan fingerprint density at radius 2 is 0.620 bits per heavy atom. The number of benzene rings is 12. The fraction of sp³-hybridized carbons (Fsp3) is 0.0119. The molecule has 12 aromatic carbocycles. The molecule has 0 bridgehead atoms. The van der Waals surface area contributed by atoms with E-state index in [4.69, 9.17) is 15.0 Å². The summed E-state index contributed by atoms with van der Waals surface area (Å²) in [5.41, 5.74) is 11.0. The first-order valence-electron chi connectivity index (χ1n) is 31.0. The molecule has 15 aromatic rings. The third-order valence-corrected chi connectivity index (χ3v) is 17.9. The molecule has 0 radical (unpaired) electrons. The number of alkyl halides is 3. The maximum atomic E-state index is 15.9. The van der Waals surface area contributed by atoms with Crippen molar-refractivity contribution < 1.29 is 13.2 Å². The lowest BCUT2D eigenvalue weighted by atomic mass is 9.94. The fourth-order valence-corrected chi connectivity index (χ4v) is 13.2. The molecule has 0 atom stereocenters. The Morgan fingerprint density at radius 3 is 0.970 bits per heavy atom. The van der Waals surface area contributed by atoms with Crippen molar-refractivity contribution in [3.05, 3.63) is 293 Å². The molecule has 0 fully saturated rings. The van der Waals surface area contributed by atoms with Gasteiger partial charge in [-0.25, -0.2) is 15.0 Å². The summed E-state index contributed by atoms with van der Waals surface area (Å²) in [6, 6.07) is 87.0. The number of hydrogen-bond acceptors (Lipinski definition) is 11. The number of nitriles is 8. The summed E-state index contributed by atoms with van der Waals surface area (Å²) >= 11 is 0. The summed E-state index contributed by atoms with van der Waals surface area (Å²) in [7, 11) is 0. The second-order valence-electron chi connectivity index (χ2n) is 23.5. The van der Waals surface area contributed by atoms with Crippen LogP contribution in [0.25, 0.3) is 145 Å². The van der Waals surface area contributed by atoms with Crippen molar-refractivity contribution in [3.8, 4) is 150 Å².